The van der Waals surface area contributed by atoms with Crippen LogP contribution in [0.3, 0.4) is 0 Å². The SMILES string of the molecule is C#CCCC1(CCC(=O)NCc2nnc3n2CC(C(=O)O)C3)N=N1. The maximum absolute atomic E-state index is 12.0. The summed E-state index contributed by atoms with van der Waals surface area (Å²) in [7, 11) is 0. The Hall–Kier alpha value is -2.76. The Morgan fingerprint density at radius 1 is 1.38 bits per heavy atom. The van der Waals surface area contributed by atoms with Crippen LogP contribution in [0, 0.1) is 18.3 Å². The molecule has 2 N–H and O–H groups in total. The molecule has 126 valence electrons. The van der Waals surface area contributed by atoms with Crippen molar-refractivity contribution in [3.63, 3.8) is 0 Å². The summed E-state index contributed by atoms with van der Waals surface area (Å²) >= 11 is 0. The van der Waals surface area contributed by atoms with Crippen molar-refractivity contribution in [2.75, 3.05) is 0 Å². The Morgan fingerprint density at radius 2 is 2.17 bits per heavy atom. The van der Waals surface area contributed by atoms with E-state index in [2.05, 4.69) is 31.7 Å². The summed E-state index contributed by atoms with van der Waals surface area (Å²) in [6.45, 7) is 0.569. The lowest BCUT2D eigenvalue weighted by atomic mass is 10.0. The monoisotopic (exact) mass is 330 g/mol. The zero-order valence-corrected chi connectivity index (χ0v) is 13.1. The summed E-state index contributed by atoms with van der Waals surface area (Å²) in [5.41, 5.74) is -0.464. The van der Waals surface area contributed by atoms with E-state index in [1.54, 1.807) is 4.57 Å². The van der Waals surface area contributed by atoms with Gasteiger partial charge in [0.1, 0.15) is 5.82 Å². The maximum atomic E-state index is 12.0. The number of rotatable bonds is 8. The van der Waals surface area contributed by atoms with E-state index < -0.39 is 17.6 Å². The summed E-state index contributed by atoms with van der Waals surface area (Å²) in [5.74, 6) is 2.33. The summed E-state index contributed by atoms with van der Waals surface area (Å²) < 4.78 is 1.76. The van der Waals surface area contributed by atoms with E-state index in [4.69, 9.17) is 11.5 Å². The molecule has 1 amide bonds. The second kappa shape index (κ2) is 6.39. The predicted molar refractivity (Wildman–Crippen MR) is 81.6 cm³/mol. The summed E-state index contributed by atoms with van der Waals surface area (Å²) in [5, 5.41) is 27.8. The molecule has 0 radical (unpaired) electrons. The number of nitrogens with zero attached hydrogens (tertiary/aromatic N) is 5. The minimum absolute atomic E-state index is 0.127. The zero-order valence-electron chi connectivity index (χ0n) is 13.1. The van der Waals surface area contributed by atoms with E-state index in [9.17, 15) is 9.59 Å². The van der Waals surface area contributed by atoms with Crippen LogP contribution >= 0.6 is 0 Å². The molecular weight excluding hydrogens is 312 g/mol. The van der Waals surface area contributed by atoms with E-state index in [0.29, 0.717) is 50.3 Å². The fourth-order valence-corrected chi connectivity index (χ4v) is 2.78. The largest absolute Gasteiger partial charge is 0.481 e. The highest BCUT2D eigenvalue weighted by atomic mass is 16.4. The fraction of sp³-hybridized carbons (Fsp3) is 0.600. The van der Waals surface area contributed by atoms with E-state index in [1.807, 2.05) is 0 Å². The molecule has 24 heavy (non-hydrogen) atoms. The van der Waals surface area contributed by atoms with Crippen LogP contribution in [0.1, 0.15) is 37.3 Å². The molecule has 0 saturated carbocycles. The van der Waals surface area contributed by atoms with Crippen molar-refractivity contribution in [3.05, 3.63) is 11.6 Å². The number of carbonyl (C=O) groups is 2. The van der Waals surface area contributed by atoms with Crippen molar-refractivity contribution in [2.24, 2.45) is 16.1 Å². The molecule has 3 heterocycles. The smallest absolute Gasteiger partial charge is 0.308 e. The van der Waals surface area contributed by atoms with Crippen LogP contribution in [0.2, 0.25) is 0 Å². The molecule has 9 nitrogen and oxygen atoms in total. The second-order valence-electron chi connectivity index (χ2n) is 6.05. The number of aromatic nitrogens is 3. The highest BCUT2D eigenvalue weighted by Gasteiger charge is 2.39. The Morgan fingerprint density at radius 3 is 2.83 bits per heavy atom. The first-order chi connectivity index (χ1) is 11.5. The van der Waals surface area contributed by atoms with Crippen molar-refractivity contribution < 1.29 is 14.7 Å². The molecule has 1 atom stereocenters. The minimum Gasteiger partial charge on any atom is -0.481 e. The van der Waals surface area contributed by atoms with E-state index in [-0.39, 0.29) is 12.5 Å². The van der Waals surface area contributed by atoms with Gasteiger partial charge in [0.25, 0.3) is 0 Å². The number of hydrogen-bond acceptors (Lipinski definition) is 6. The van der Waals surface area contributed by atoms with E-state index >= 15 is 0 Å². The molecular formula is C15H18N6O3. The number of nitrogens with one attached hydrogen (secondary N) is 1. The van der Waals surface area contributed by atoms with Crippen molar-refractivity contribution >= 4 is 11.9 Å². The molecule has 2 aliphatic rings. The standard InChI is InChI=1S/C15H18N6O3/c1-2-3-5-15(19-20-15)6-4-13(22)16-8-12-18-17-11-7-10(14(23)24)9-21(11)12/h1,10H,3-9H2,(H,16,22)(H,23,24). The number of fused-ring (bicyclic) bond motifs is 1. The van der Waals surface area contributed by atoms with Gasteiger partial charge in [-0.3, -0.25) is 9.59 Å². The molecule has 3 rings (SSSR count). The van der Waals surface area contributed by atoms with Crippen LogP contribution in [-0.4, -0.2) is 37.4 Å². The van der Waals surface area contributed by atoms with Crippen molar-refractivity contribution in [3.8, 4) is 12.3 Å². The lowest BCUT2D eigenvalue weighted by molar-refractivity contribution is -0.141. The molecule has 1 aromatic heterocycles. The van der Waals surface area contributed by atoms with E-state index in [1.165, 1.54) is 0 Å². The van der Waals surface area contributed by atoms with Gasteiger partial charge in [-0.25, -0.2) is 0 Å². The van der Waals surface area contributed by atoms with Crippen molar-refractivity contribution in [1.29, 1.82) is 0 Å². The van der Waals surface area contributed by atoms with Gasteiger partial charge in [0, 0.05) is 38.6 Å². The molecule has 0 aromatic carbocycles. The van der Waals surface area contributed by atoms with Gasteiger partial charge in [0.05, 0.1) is 12.5 Å². The molecule has 0 spiro atoms. The highest BCUT2D eigenvalue weighted by molar-refractivity contribution is 5.76. The van der Waals surface area contributed by atoms with Gasteiger partial charge in [0.2, 0.25) is 5.91 Å². The fourth-order valence-electron chi connectivity index (χ4n) is 2.78. The Labute approximate surface area is 138 Å². The number of carboxylic acid groups (broad SMARTS) is 1. The molecule has 1 aromatic rings. The first-order valence-electron chi connectivity index (χ1n) is 7.81. The average molecular weight is 330 g/mol. The lowest BCUT2D eigenvalue weighted by Gasteiger charge is -2.09. The summed E-state index contributed by atoms with van der Waals surface area (Å²) in [4.78, 5) is 23.0. The van der Waals surface area contributed by atoms with Crippen LogP contribution in [0.25, 0.3) is 0 Å². The van der Waals surface area contributed by atoms with Crippen LogP contribution in [0.4, 0.5) is 0 Å². The van der Waals surface area contributed by atoms with Gasteiger partial charge < -0.3 is 15.0 Å². The topological polar surface area (TPSA) is 122 Å². The number of terminal acetylenes is 1. The highest BCUT2D eigenvalue weighted by Crippen LogP contribution is 2.37. The molecule has 0 aliphatic carbocycles. The van der Waals surface area contributed by atoms with Crippen molar-refractivity contribution in [2.45, 2.75) is 50.9 Å². The van der Waals surface area contributed by atoms with Crippen LogP contribution < -0.4 is 5.32 Å². The Kier molecular flexibility index (Phi) is 4.29. The van der Waals surface area contributed by atoms with Gasteiger partial charge in [-0.2, -0.15) is 10.2 Å². The predicted octanol–water partition coefficient (Wildman–Crippen LogP) is 0.507. The third kappa shape index (κ3) is 3.42. The number of aliphatic carboxylic acids is 1. The minimum atomic E-state index is -0.843. The molecule has 0 fully saturated rings. The second-order valence-corrected chi connectivity index (χ2v) is 6.05. The lowest BCUT2D eigenvalue weighted by Crippen LogP contribution is -2.26. The van der Waals surface area contributed by atoms with Gasteiger partial charge in [-0.05, 0) is 0 Å². The van der Waals surface area contributed by atoms with Gasteiger partial charge in [0.15, 0.2) is 11.5 Å². The molecule has 0 saturated heterocycles. The quantitative estimate of drug-likeness (QED) is 0.672. The van der Waals surface area contributed by atoms with Crippen LogP contribution in [0.15, 0.2) is 10.2 Å². The third-order valence-corrected chi connectivity index (χ3v) is 4.33. The Bertz CT molecular complexity index is 726. The number of carbonyl (C=O) groups excluding carboxylic acids is 1. The zero-order chi connectivity index (χ0) is 17.2. The average Bonchev–Trinajstić information content (AvgIpc) is 3.02. The molecule has 2 aliphatic heterocycles. The van der Waals surface area contributed by atoms with Crippen LogP contribution in [0.5, 0.6) is 0 Å². The van der Waals surface area contributed by atoms with Crippen LogP contribution in [-0.2, 0) is 29.1 Å². The summed E-state index contributed by atoms with van der Waals surface area (Å²) in [6, 6.07) is 0. The molecule has 1 unspecified atom stereocenters. The Balaban J connectivity index is 1.45. The molecule has 0 bridgehead atoms. The summed E-state index contributed by atoms with van der Waals surface area (Å²) in [6.07, 6.45) is 7.71. The number of amides is 1. The maximum Gasteiger partial charge on any atom is 0.308 e. The molecule has 9 heteroatoms. The normalized spacial score (nSPS) is 19.5. The number of hydrogen-bond donors (Lipinski definition) is 2. The van der Waals surface area contributed by atoms with Crippen molar-refractivity contribution in [1.82, 2.24) is 20.1 Å². The van der Waals surface area contributed by atoms with E-state index in [0.717, 1.165) is 0 Å². The van der Waals surface area contributed by atoms with Gasteiger partial charge in [-0.1, -0.05) is 0 Å². The third-order valence-electron chi connectivity index (χ3n) is 4.33. The number of carboxylic acids is 1. The first-order valence-corrected chi connectivity index (χ1v) is 7.81. The van der Waals surface area contributed by atoms with Gasteiger partial charge >= 0.3 is 5.97 Å². The first kappa shape index (κ1) is 16.1. The van der Waals surface area contributed by atoms with Gasteiger partial charge in [-0.15, -0.1) is 22.5 Å².